The summed E-state index contributed by atoms with van der Waals surface area (Å²) in [6, 6.07) is 8.02. The highest BCUT2D eigenvalue weighted by atomic mass is 16.5. The zero-order valence-electron chi connectivity index (χ0n) is 13.9. The van der Waals surface area contributed by atoms with Gasteiger partial charge in [0.2, 0.25) is 0 Å². The van der Waals surface area contributed by atoms with Crippen LogP contribution in [0.4, 0.5) is 10.5 Å². The normalized spacial score (nSPS) is 20.4. The Bertz CT molecular complexity index is 594. The molecule has 1 atom stereocenters. The van der Waals surface area contributed by atoms with Crippen LogP contribution in [0.25, 0.3) is 5.70 Å². The number of urea groups is 1. The average molecular weight is 315 g/mol. The Kier molecular flexibility index (Phi) is 4.68. The van der Waals surface area contributed by atoms with Crippen molar-refractivity contribution in [3.05, 3.63) is 36.4 Å². The molecule has 1 aromatic rings. The van der Waals surface area contributed by atoms with Gasteiger partial charge >= 0.3 is 6.03 Å². The molecule has 1 N–H and O–H groups in total. The summed E-state index contributed by atoms with van der Waals surface area (Å²) < 4.78 is 5.46. The summed E-state index contributed by atoms with van der Waals surface area (Å²) in [5, 5.41) is 2.97. The molecule has 0 aromatic heterocycles. The second kappa shape index (κ2) is 6.72. The third-order valence-corrected chi connectivity index (χ3v) is 4.70. The Morgan fingerprint density at radius 1 is 1.26 bits per heavy atom. The molecule has 0 saturated carbocycles. The van der Waals surface area contributed by atoms with E-state index in [4.69, 9.17) is 4.74 Å². The number of nitrogens with one attached hydrogen (secondary N) is 1. The average Bonchev–Trinajstić information content (AvgIpc) is 2.55. The lowest BCUT2D eigenvalue weighted by molar-refractivity contribution is 0.00293. The molecular formula is C18H25N3O2. The van der Waals surface area contributed by atoms with Gasteiger partial charge in [0.25, 0.3) is 0 Å². The van der Waals surface area contributed by atoms with E-state index in [1.807, 2.05) is 24.3 Å². The van der Waals surface area contributed by atoms with Crippen LogP contribution in [0.2, 0.25) is 0 Å². The number of morpholine rings is 1. The fourth-order valence-corrected chi connectivity index (χ4v) is 3.33. The van der Waals surface area contributed by atoms with Crippen LogP contribution in [0.3, 0.4) is 0 Å². The van der Waals surface area contributed by atoms with E-state index in [9.17, 15) is 4.79 Å². The number of rotatable bonds is 4. The second-order valence-corrected chi connectivity index (χ2v) is 6.49. The molecule has 5 nitrogen and oxygen atoms in total. The number of hydrogen-bond acceptors (Lipinski definition) is 3. The maximum absolute atomic E-state index is 12.5. The van der Waals surface area contributed by atoms with E-state index in [1.54, 1.807) is 4.90 Å². The fraction of sp³-hybridized carbons (Fsp3) is 0.500. The van der Waals surface area contributed by atoms with Crippen molar-refractivity contribution in [1.29, 1.82) is 0 Å². The zero-order chi connectivity index (χ0) is 16.4. The van der Waals surface area contributed by atoms with Gasteiger partial charge in [-0.05, 0) is 12.0 Å². The Morgan fingerprint density at radius 2 is 1.96 bits per heavy atom. The molecule has 0 radical (unpaired) electrons. The van der Waals surface area contributed by atoms with Crippen molar-refractivity contribution in [3.8, 4) is 0 Å². The third kappa shape index (κ3) is 3.26. The number of fused-ring (bicyclic) bond motifs is 1. The number of benzene rings is 1. The first kappa shape index (κ1) is 16.0. The van der Waals surface area contributed by atoms with E-state index >= 15 is 0 Å². The standard InChI is InChI=1S/C18H25N3O2/c1-13(2)17(20-8-10-23-11-9-20)12-21-14(3)15-6-4-5-7-16(15)19-18(21)22/h4-7,13,17H,3,8-12H2,1-2H3,(H,19,22). The maximum Gasteiger partial charge on any atom is 0.326 e. The zero-order valence-corrected chi connectivity index (χ0v) is 13.9. The number of ether oxygens (including phenoxy) is 1. The van der Waals surface area contributed by atoms with Gasteiger partial charge in [0.05, 0.1) is 18.9 Å². The Hall–Kier alpha value is -1.85. The molecule has 2 heterocycles. The van der Waals surface area contributed by atoms with E-state index in [1.165, 1.54) is 0 Å². The van der Waals surface area contributed by atoms with E-state index in [-0.39, 0.29) is 6.03 Å². The topological polar surface area (TPSA) is 44.8 Å². The van der Waals surface area contributed by atoms with Crippen LogP contribution in [-0.2, 0) is 4.74 Å². The van der Waals surface area contributed by atoms with Gasteiger partial charge < -0.3 is 10.1 Å². The number of para-hydroxylation sites is 1. The van der Waals surface area contributed by atoms with E-state index in [0.717, 1.165) is 43.3 Å². The molecule has 0 spiro atoms. The SMILES string of the molecule is C=C1c2ccccc2NC(=O)N1CC(C(C)C)N1CCOCC1. The summed E-state index contributed by atoms with van der Waals surface area (Å²) in [7, 11) is 0. The summed E-state index contributed by atoms with van der Waals surface area (Å²) in [5.41, 5.74) is 2.62. The third-order valence-electron chi connectivity index (χ3n) is 4.70. The van der Waals surface area contributed by atoms with Crippen molar-refractivity contribution in [2.24, 2.45) is 5.92 Å². The summed E-state index contributed by atoms with van der Waals surface area (Å²) in [6.07, 6.45) is 0. The van der Waals surface area contributed by atoms with Gasteiger partial charge in [-0.2, -0.15) is 0 Å². The number of amides is 2. The summed E-state index contributed by atoms with van der Waals surface area (Å²) >= 11 is 0. The monoisotopic (exact) mass is 315 g/mol. The number of anilines is 1. The first-order valence-corrected chi connectivity index (χ1v) is 8.26. The van der Waals surface area contributed by atoms with Crippen LogP contribution in [0, 0.1) is 5.92 Å². The number of carbonyl (C=O) groups excluding carboxylic acids is 1. The van der Waals surface area contributed by atoms with Gasteiger partial charge in [-0.1, -0.05) is 38.6 Å². The van der Waals surface area contributed by atoms with Gasteiger partial charge in [0, 0.05) is 36.9 Å². The minimum Gasteiger partial charge on any atom is -0.379 e. The van der Waals surface area contributed by atoms with Crippen LogP contribution < -0.4 is 5.32 Å². The first-order valence-electron chi connectivity index (χ1n) is 8.26. The molecule has 1 saturated heterocycles. The maximum atomic E-state index is 12.5. The highest BCUT2D eigenvalue weighted by molar-refractivity contribution is 6.02. The molecule has 2 aliphatic rings. The molecule has 1 fully saturated rings. The Morgan fingerprint density at radius 3 is 2.65 bits per heavy atom. The van der Waals surface area contributed by atoms with E-state index in [2.05, 4.69) is 30.6 Å². The summed E-state index contributed by atoms with van der Waals surface area (Å²) in [5.74, 6) is 0.450. The molecule has 5 heteroatoms. The van der Waals surface area contributed by atoms with Crippen molar-refractivity contribution in [2.45, 2.75) is 19.9 Å². The lowest BCUT2D eigenvalue weighted by Gasteiger charge is -2.41. The van der Waals surface area contributed by atoms with Crippen molar-refractivity contribution in [2.75, 3.05) is 38.2 Å². The molecular weight excluding hydrogens is 290 g/mol. The molecule has 0 bridgehead atoms. The van der Waals surface area contributed by atoms with Gasteiger partial charge in [-0.3, -0.25) is 9.80 Å². The second-order valence-electron chi connectivity index (χ2n) is 6.49. The quantitative estimate of drug-likeness (QED) is 0.929. The van der Waals surface area contributed by atoms with Gasteiger partial charge in [-0.15, -0.1) is 0 Å². The number of hydrogen-bond donors (Lipinski definition) is 1. The van der Waals surface area contributed by atoms with E-state index in [0.29, 0.717) is 18.5 Å². The Balaban J connectivity index is 1.80. The molecule has 0 aliphatic carbocycles. The summed E-state index contributed by atoms with van der Waals surface area (Å²) in [6.45, 7) is 12.6. The molecule has 2 aliphatic heterocycles. The number of nitrogens with zero attached hydrogens (tertiary/aromatic N) is 2. The van der Waals surface area contributed by atoms with Gasteiger partial charge in [0.1, 0.15) is 0 Å². The molecule has 1 aromatic carbocycles. The van der Waals surface area contributed by atoms with Crippen LogP contribution in [-0.4, -0.2) is 54.7 Å². The molecule has 124 valence electrons. The lowest BCUT2D eigenvalue weighted by Crippen LogP contribution is -2.53. The molecule has 23 heavy (non-hydrogen) atoms. The van der Waals surface area contributed by atoms with Crippen LogP contribution in [0.15, 0.2) is 30.8 Å². The highest BCUT2D eigenvalue weighted by Crippen LogP contribution is 2.31. The molecule has 1 unspecified atom stereocenters. The lowest BCUT2D eigenvalue weighted by atomic mass is 9.99. The fourth-order valence-electron chi connectivity index (χ4n) is 3.33. The Labute approximate surface area is 137 Å². The predicted molar refractivity (Wildman–Crippen MR) is 92.2 cm³/mol. The smallest absolute Gasteiger partial charge is 0.326 e. The van der Waals surface area contributed by atoms with Gasteiger partial charge in [-0.25, -0.2) is 4.79 Å². The first-order chi connectivity index (χ1) is 11.1. The predicted octanol–water partition coefficient (Wildman–Crippen LogP) is 2.86. The largest absolute Gasteiger partial charge is 0.379 e. The minimum atomic E-state index is -0.0902. The van der Waals surface area contributed by atoms with Crippen LogP contribution >= 0.6 is 0 Å². The number of carbonyl (C=O) groups is 1. The van der Waals surface area contributed by atoms with Crippen molar-refractivity contribution in [3.63, 3.8) is 0 Å². The molecule has 3 rings (SSSR count). The van der Waals surface area contributed by atoms with Gasteiger partial charge in [0.15, 0.2) is 0 Å². The van der Waals surface area contributed by atoms with Crippen LogP contribution in [0.1, 0.15) is 19.4 Å². The van der Waals surface area contributed by atoms with E-state index < -0.39 is 0 Å². The van der Waals surface area contributed by atoms with Crippen LogP contribution in [0.5, 0.6) is 0 Å². The van der Waals surface area contributed by atoms with Crippen molar-refractivity contribution < 1.29 is 9.53 Å². The highest BCUT2D eigenvalue weighted by Gasteiger charge is 2.32. The minimum absolute atomic E-state index is 0.0902. The molecule has 2 amide bonds. The van der Waals surface area contributed by atoms with Crippen molar-refractivity contribution in [1.82, 2.24) is 9.80 Å². The summed E-state index contributed by atoms with van der Waals surface area (Å²) in [4.78, 5) is 16.7. The van der Waals surface area contributed by atoms with Crippen molar-refractivity contribution >= 4 is 17.4 Å².